The summed E-state index contributed by atoms with van der Waals surface area (Å²) in [4.78, 5) is 23.5. The van der Waals surface area contributed by atoms with Crippen LogP contribution < -0.4 is 16.6 Å². The minimum atomic E-state index is -0.445. The molecule has 0 aliphatic carbocycles. The number of rotatable bonds is 3. The van der Waals surface area contributed by atoms with Crippen LogP contribution in [0.15, 0.2) is 41.3 Å². The predicted octanol–water partition coefficient (Wildman–Crippen LogP) is 1.52. The van der Waals surface area contributed by atoms with E-state index in [2.05, 4.69) is 5.32 Å². The van der Waals surface area contributed by atoms with E-state index in [-0.39, 0.29) is 12.1 Å². The number of benzene rings is 1. The molecule has 5 nitrogen and oxygen atoms in total. The van der Waals surface area contributed by atoms with Crippen molar-refractivity contribution >= 4 is 17.3 Å². The second-order valence-electron chi connectivity index (χ2n) is 4.44. The number of hydrogen-bond donors (Lipinski definition) is 2. The molecular formula is C14H14FN3O2. The quantitative estimate of drug-likeness (QED) is 0.891. The van der Waals surface area contributed by atoms with Crippen LogP contribution in [0.2, 0.25) is 0 Å². The number of amides is 1. The molecule has 0 aliphatic rings. The summed E-state index contributed by atoms with van der Waals surface area (Å²) in [6.07, 6.45) is 1.42. The molecule has 0 bridgehead atoms. The number of halogens is 1. The molecule has 2 aromatic rings. The Labute approximate surface area is 114 Å². The number of carbonyl (C=O) groups is 1. The number of nitrogen functional groups attached to an aromatic ring is 1. The van der Waals surface area contributed by atoms with Gasteiger partial charge >= 0.3 is 0 Å². The van der Waals surface area contributed by atoms with E-state index < -0.39 is 11.7 Å². The van der Waals surface area contributed by atoms with Crippen molar-refractivity contribution in [2.24, 2.45) is 0 Å². The average Bonchev–Trinajstić information content (AvgIpc) is 2.36. The second kappa shape index (κ2) is 5.56. The molecule has 0 saturated heterocycles. The third kappa shape index (κ3) is 3.23. The Hall–Kier alpha value is -2.63. The molecular weight excluding hydrogens is 261 g/mol. The van der Waals surface area contributed by atoms with Gasteiger partial charge in [-0.15, -0.1) is 0 Å². The second-order valence-corrected chi connectivity index (χ2v) is 4.44. The van der Waals surface area contributed by atoms with E-state index in [0.717, 1.165) is 0 Å². The first-order valence-corrected chi connectivity index (χ1v) is 5.97. The van der Waals surface area contributed by atoms with Crippen molar-refractivity contribution in [3.8, 4) is 0 Å². The van der Waals surface area contributed by atoms with Crippen molar-refractivity contribution in [2.75, 3.05) is 11.1 Å². The van der Waals surface area contributed by atoms with E-state index in [9.17, 15) is 14.0 Å². The standard InChI is InChI=1S/C14H14FN3O2/c1-9-5-14(20)18(7-12(9)16)8-13(19)17-11-4-2-3-10(15)6-11/h2-7H,8,16H2,1H3,(H,17,19). The molecule has 3 N–H and O–H groups in total. The van der Waals surface area contributed by atoms with E-state index >= 15 is 0 Å². The Morgan fingerprint density at radius 1 is 1.40 bits per heavy atom. The fourth-order valence-electron chi connectivity index (χ4n) is 1.73. The average molecular weight is 275 g/mol. The van der Waals surface area contributed by atoms with Gasteiger partial charge in [-0.2, -0.15) is 0 Å². The first-order valence-electron chi connectivity index (χ1n) is 5.97. The number of carbonyl (C=O) groups excluding carboxylic acids is 1. The molecule has 0 spiro atoms. The van der Waals surface area contributed by atoms with Crippen LogP contribution in [-0.2, 0) is 11.3 Å². The smallest absolute Gasteiger partial charge is 0.251 e. The van der Waals surface area contributed by atoms with Crippen LogP contribution in [0.25, 0.3) is 0 Å². The summed E-state index contributed by atoms with van der Waals surface area (Å²) in [5.74, 6) is -0.875. The van der Waals surface area contributed by atoms with Gasteiger partial charge in [0.25, 0.3) is 5.56 Å². The zero-order chi connectivity index (χ0) is 14.7. The maximum atomic E-state index is 13.0. The summed E-state index contributed by atoms with van der Waals surface area (Å²) >= 11 is 0. The molecule has 0 atom stereocenters. The summed E-state index contributed by atoms with van der Waals surface area (Å²) in [5, 5.41) is 2.51. The van der Waals surface area contributed by atoms with Crippen LogP contribution in [0.1, 0.15) is 5.56 Å². The zero-order valence-corrected chi connectivity index (χ0v) is 10.9. The summed E-state index contributed by atoms with van der Waals surface area (Å²) in [6, 6.07) is 6.89. The summed E-state index contributed by atoms with van der Waals surface area (Å²) < 4.78 is 14.2. The van der Waals surface area contributed by atoms with Crippen molar-refractivity contribution < 1.29 is 9.18 Å². The van der Waals surface area contributed by atoms with Crippen LogP contribution in [0.4, 0.5) is 15.8 Å². The maximum Gasteiger partial charge on any atom is 0.251 e. The monoisotopic (exact) mass is 275 g/mol. The Bertz CT molecular complexity index is 710. The molecule has 6 heteroatoms. The summed E-state index contributed by atoms with van der Waals surface area (Å²) in [7, 11) is 0. The van der Waals surface area contributed by atoms with Gasteiger partial charge in [0.15, 0.2) is 0 Å². The molecule has 0 fully saturated rings. The number of hydrogen-bond acceptors (Lipinski definition) is 3. The number of nitrogens with two attached hydrogens (primary N) is 1. The summed E-state index contributed by atoms with van der Waals surface area (Å²) in [5.41, 5.74) is 6.82. The van der Waals surface area contributed by atoms with Crippen LogP contribution in [0.5, 0.6) is 0 Å². The Morgan fingerprint density at radius 3 is 2.85 bits per heavy atom. The molecule has 1 aromatic heterocycles. The number of aromatic nitrogens is 1. The van der Waals surface area contributed by atoms with Crippen LogP contribution in [0.3, 0.4) is 0 Å². The number of anilines is 2. The highest BCUT2D eigenvalue weighted by Gasteiger charge is 2.07. The van der Waals surface area contributed by atoms with Gasteiger partial charge in [0.05, 0.1) is 5.69 Å². The molecule has 104 valence electrons. The van der Waals surface area contributed by atoms with Crippen molar-refractivity contribution in [1.29, 1.82) is 0 Å². The first-order chi connectivity index (χ1) is 9.45. The normalized spacial score (nSPS) is 10.3. The van der Waals surface area contributed by atoms with Crippen LogP contribution in [0, 0.1) is 12.7 Å². The molecule has 0 aliphatic heterocycles. The van der Waals surface area contributed by atoms with Gasteiger partial charge in [0.1, 0.15) is 12.4 Å². The molecule has 0 unspecified atom stereocenters. The van der Waals surface area contributed by atoms with E-state index in [1.807, 2.05) is 0 Å². The fourth-order valence-corrected chi connectivity index (χ4v) is 1.73. The highest BCUT2D eigenvalue weighted by molar-refractivity contribution is 5.90. The minimum Gasteiger partial charge on any atom is -0.397 e. The Kier molecular flexibility index (Phi) is 3.84. The van der Waals surface area contributed by atoms with Crippen molar-refractivity contribution in [2.45, 2.75) is 13.5 Å². The third-order valence-electron chi connectivity index (χ3n) is 2.80. The topological polar surface area (TPSA) is 77.1 Å². The molecule has 20 heavy (non-hydrogen) atoms. The van der Waals surface area contributed by atoms with E-state index in [4.69, 9.17) is 5.73 Å². The van der Waals surface area contributed by atoms with E-state index in [0.29, 0.717) is 16.9 Å². The number of nitrogens with one attached hydrogen (secondary N) is 1. The highest BCUT2D eigenvalue weighted by atomic mass is 19.1. The van der Waals surface area contributed by atoms with Crippen LogP contribution >= 0.6 is 0 Å². The van der Waals surface area contributed by atoms with Gasteiger partial charge < -0.3 is 15.6 Å². The van der Waals surface area contributed by atoms with E-state index in [1.165, 1.54) is 35.0 Å². The van der Waals surface area contributed by atoms with Crippen molar-refractivity contribution in [3.05, 3.63) is 58.3 Å². The summed E-state index contributed by atoms with van der Waals surface area (Å²) in [6.45, 7) is 1.54. The largest absolute Gasteiger partial charge is 0.397 e. The lowest BCUT2D eigenvalue weighted by Gasteiger charge is -2.09. The number of aryl methyl sites for hydroxylation is 1. The van der Waals surface area contributed by atoms with Crippen molar-refractivity contribution in [3.63, 3.8) is 0 Å². The van der Waals surface area contributed by atoms with Gasteiger partial charge in [0.2, 0.25) is 5.91 Å². The zero-order valence-electron chi connectivity index (χ0n) is 10.9. The third-order valence-corrected chi connectivity index (χ3v) is 2.80. The van der Waals surface area contributed by atoms with Crippen molar-refractivity contribution in [1.82, 2.24) is 4.57 Å². The van der Waals surface area contributed by atoms with Gasteiger partial charge in [-0.1, -0.05) is 6.07 Å². The number of pyridine rings is 1. The Morgan fingerprint density at radius 2 is 2.15 bits per heavy atom. The lowest BCUT2D eigenvalue weighted by molar-refractivity contribution is -0.116. The molecule has 1 heterocycles. The highest BCUT2D eigenvalue weighted by Crippen LogP contribution is 2.09. The van der Waals surface area contributed by atoms with Crippen LogP contribution in [-0.4, -0.2) is 10.5 Å². The molecule has 0 saturated carbocycles. The lowest BCUT2D eigenvalue weighted by atomic mass is 10.2. The van der Waals surface area contributed by atoms with E-state index in [1.54, 1.807) is 13.0 Å². The molecule has 2 rings (SSSR count). The predicted molar refractivity (Wildman–Crippen MR) is 74.9 cm³/mol. The molecule has 1 amide bonds. The van der Waals surface area contributed by atoms with Gasteiger partial charge in [-0.05, 0) is 30.7 Å². The van der Waals surface area contributed by atoms with Gasteiger partial charge in [-0.25, -0.2) is 4.39 Å². The Balaban J connectivity index is 2.13. The SMILES string of the molecule is Cc1cc(=O)n(CC(=O)Nc2cccc(F)c2)cc1N. The lowest BCUT2D eigenvalue weighted by Crippen LogP contribution is -2.27. The number of nitrogens with zero attached hydrogens (tertiary/aromatic N) is 1. The van der Waals surface area contributed by atoms with Gasteiger partial charge in [-0.3, -0.25) is 9.59 Å². The molecule has 1 aromatic carbocycles. The maximum absolute atomic E-state index is 13.0. The fraction of sp³-hybridized carbons (Fsp3) is 0.143. The minimum absolute atomic E-state index is 0.181. The first kappa shape index (κ1) is 13.8. The van der Waals surface area contributed by atoms with Gasteiger partial charge in [0, 0.05) is 18.0 Å². The molecule has 0 radical (unpaired) electrons.